The van der Waals surface area contributed by atoms with Gasteiger partial charge in [0, 0.05) is 23.6 Å². The smallest absolute Gasteiger partial charge is 0.320 e. The summed E-state index contributed by atoms with van der Waals surface area (Å²) in [6, 6.07) is 13.7. The number of fused-ring (bicyclic) bond motifs is 1. The summed E-state index contributed by atoms with van der Waals surface area (Å²) in [5.41, 5.74) is 8.80. The van der Waals surface area contributed by atoms with Crippen molar-refractivity contribution >= 4 is 22.8 Å². The van der Waals surface area contributed by atoms with Gasteiger partial charge in [-0.1, -0.05) is 29.8 Å². The predicted octanol–water partition coefficient (Wildman–Crippen LogP) is 2.59. The van der Waals surface area contributed by atoms with Gasteiger partial charge < -0.3 is 10.8 Å². The van der Waals surface area contributed by atoms with Crippen molar-refractivity contribution in [2.75, 3.05) is 0 Å². The number of carboxylic acid groups (broad SMARTS) is 1. The number of aromatic nitrogens is 1. The second-order valence-electron chi connectivity index (χ2n) is 5.86. The lowest BCUT2D eigenvalue weighted by Crippen LogP contribution is -2.32. The SMILES string of the molecule is Cc1ccc2c(c1)c(C[C@H](N)C(=O)O)cn2C(=O)c1ccccc1. The first kappa shape index (κ1) is 16.0. The van der Waals surface area contributed by atoms with Crippen LogP contribution in [-0.2, 0) is 11.2 Å². The summed E-state index contributed by atoms with van der Waals surface area (Å²) in [5, 5.41) is 9.92. The third kappa shape index (κ3) is 2.94. The van der Waals surface area contributed by atoms with Crippen LogP contribution < -0.4 is 5.73 Å². The molecule has 122 valence electrons. The molecule has 0 aliphatic heterocycles. The van der Waals surface area contributed by atoms with Crippen LogP contribution in [0.2, 0.25) is 0 Å². The standard InChI is InChI=1S/C19H18N2O3/c1-12-7-8-17-15(9-12)14(10-16(20)19(23)24)11-21(17)18(22)13-5-3-2-4-6-13/h2-9,11,16H,10,20H2,1H3,(H,23,24)/t16-/m0/s1. The highest BCUT2D eigenvalue weighted by Gasteiger charge is 2.19. The molecule has 1 heterocycles. The number of hydrogen-bond acceptors (Lipinski definition) is 3. The maximum absolute atomic E-state index is 12.8. The largest absolute Gasteiger partial charge is 0.480 e. The Kier molecular flexibility index (Phi) is 4.18. The number of aliphatic carboxylic acids is 1. The summed E-state index contributed by atoms with van der Waals surface area (Å²) in [6.07, 6.45) is 1.87. The molecule has 0 unspecified atom stereocenters. The summed E-state index contributed by atoms with van der Waals surface area (Å²) in [7, 11) is 0. The van der Waals surface area contributed by atoms with E-state index in [1.54, 1.807) is 22.9 Å². The van der Waals surface area contributed by atoms with Crippen molar-refractivity contribution in [1.82, 2.24) is 4.57 Å². The number of nitrogens with two attached hydrogens (primary N) is 1. The second kappa shape index (κ2) is 6.29. The van der Waals surface area contributed by atoms with Crippen LogP contribution >= 0.6 is 0 Å². The number of benzene rings is 2. The van der Waals surface area contributed by atoms with E-state index >= 15 is 0 Å². The Balaban J connectivity index is 2.12. The van der Waals surface area contributed by atoms with E-state index in [1.807, 2.05) is 43.3 Å². The molecule has 0 radical (unpaired) electrons. The number of carbonyl (C=O) groups excluding carboxylic acids is 1. The highest BCUT2D eigenvalue weighted by Crippen LogP contribution is 2.25. The fourth-order valence-corrected chi connectivity index (χ4v) is 2.79. The molecular weight excluding hydrogens is 304 g/mol. The van der Waals surface area contributed by atoms with Crippen LogP contribution in [0.5, 0.6) is 0 Å². The molecule has 5 heteroatoms. The molecule has 0 aliphatic carbocycles. The quantitative estimate of drug-likeness (QED) is 0.773. The molecule has 5 nitrogen and oxygen atoms in total. The van der Waals surface area contributed by atoms with Crippen molar-refractivity contribution < 1.29 is 14.7 Å². The van der Waals surface area contributed by atoms with Gasteiger partial charge in [-0.05, 0) is 36.8 Å². The lowest BCUT2D eigenvalue weighted by Gasteiger charge is -2.04. The van der Waals surface area contributed by atoms with Crippen LogP contribution in [0.3, 0.4) is 0 Å². The molecule has 0 bridgehead atoms. The number of nitrogens with zero attached hydrogens (tertiary/aromatic N) is 1. The average molecular weight is 322 g/mol. The van der Waals surface area contributed by atoms with Crippen molar-refractivity contribution in [3.63, 3.8) is 0 Å². The molecule has 0 fully saturated rings. The van der Waals surface area contributed by atoms with E-state index in [4.69, 9.17) is 10.8 Å². The average Bonchev–Trinajstić information content (AvgIpc) is 2.92. The van der Waals surface area contributed by atoms with Crippen molar-refractivity contribution in [1.29, 1.82) is 0 Å². The van der Waals surface area contributed by atoms with Crippen LogP contribution in [0.1, 0.15) is 21.5 Å². The molecule has 1 atom stereocenters. The molecule has 2 aromatic carbocycles. The minimum absolute atomic E-state index is 0.153. The fourth-order valence-electron chi connectivity index (χ4n) is 2.79. The lowest BCUT2D eigenvalue weighted by atomic mass is 10.0. The molecule has 0 amide bonds. The van der Waals surface area contributed by atoms with Gasteiger partial charge in [0.25, 0.3) is 5.91 Å². The number of rotatable bonds is 4. The van der Waals surface area contributed by atoms with Gasteiger partial charge in [0.1, 0.15) is 6.04 Å². The topological polar surface area (TPSA) is 85.3 Å². The highest BCUT2D eigenvalue weighted by atomic mass is 16.4. The van der Waals surface area contributed by atoms with Gasteiger partial charge >= 0.3 is 5.97 Å². The van der Waals surface area contributed by atoms with Crippen molar-refractivity contribution in [3.05, 3.63) is 71.4 Å². The Bertz CT molecular complexity index is 913. The highest BCUT2D eigenvalue weighted by molar-refractivity contribution is 6.03. The zero-order valence-corrected chi connectivity index (χ0v) is 13.3. The summed E-state index contributed by atoms with van der Waals surface area (Å²) in [5.74, 6) is -1.21. The monoisotopic (exact) mass is 322 g/mol. The first-order valence-electron chi connectivity index (χ1n) is 7.66. The van der Waals surface area contributed by atoms with E-state index in [2.05, 4.69) is 0 Å². The first-order valence-corrected chi connectivity index (χ1v) is 7.66. The summed E-state index contributed by atoms with van der Waals surface area (Å²) < 4.78 is 1.56. The van der Waals surface area contributed by atoms with E-state index in [0.29, 0.717) is 5.56 Å². The summed E-state index contributed by atoms with van der Waals surface area (Å²) in [4.78, 5) is 23.9. The number of aryl methyl sites for hydroxylation is 1. The van der Waals surface area contributed by atoms with Crippen molar-refractivity contribution in [2.24, 2.45) is 5.73 Å². The molecule has 3 aromatic rings. The van der Waals surface area contributed by atoms with Crippen LogP contribution in [0.15, 0.2) is 54.7 Å². The Hall–Kier alpha value is -2.92. The molecule has 0 aliphatic rings. The minimum Gasteiger partial charge on any atom is -0.480 e. The van der Waals surface area contributed by atoms with Gasteiger partial charge in [-0.3, -0.25) is 14.2 Å². The van der Waals surface area contributed by atoms with Gasteiger partial charge in [0.05, 0.1) is 5.52 Å². The third-order valence-corrected chi connectivity index (χ3v) is 4.04. The van der Waals surface area contributed by atoms with E-state index in [0.717, 1.165) is 22.0 Å². The maximum Gasteiger partial charge on any atom is 0.320 e. The van der Waals surface area contributed by atoms with Crippen LogP contribution in [0, 0.1) is 6.92 Å². The zero-order chi connectivity index (χ0) is 17.3. The van der Waals surface area contributed by atoms with Crippen molar-refractivity contribution in [3.8, 4) is 0 Å². The number of carbonyl (C=O) groups is 2. The molecule has 0 spiro atoms. The molecule has 1 aromatic heterocycles. The van der Waals surface area contributed by atoms with E-state index < -0.39 is 12.0 Å². The summed E-state index contributed by atoms with van der Waals surface area (Å²) >= 11 is 0. The zero-order valence-electron chi connectivity index (χ0n) is 13.3. The Morgan fingerprint density at radius 2 is 1.88 bits per heavy atom. The Morgan fingerprint density at radius 3 is 2.54 bits per heavy atom. The first-order chi connectivity index (χ1) is 11.5. The van der Waals surface area contributed by atoms with E-state index in [-0.39, 0.29) is 12.3 Å². The molecule has 3 rings (SSSR count). The molecule has 24 heavy (non-hydrogen) atoms. The maximum atomic E-state index is 12.8. The molecule has 3 N–H and O–H groups in total. The lowest BCUT2D eigenvalue weighted by molar-refractivity contribution is -0.138. The van der Waals surface area contributed by atoms with Crippen LogP contribution in [0.4, 0.5) is 0 Å². The molecule has 0 saturated carbocycles. The Morgan fingerprint density at radius 1 is 1.17 bits per heavy atom. The van der Waals surface area contributed by atoms with Gasteiger partial charge in [-0.25, -0.2) is 0 Å². The summed E-state index contributed by atoms with van der Waals surface area (Å²) in [6.45, 7) is 1.96. The van der Waals surface area contributed by atoms with Gasteiger partial charge in [0.2, 0.25) is 0 Å². The predicted molar refractivity (Wildman–Crippen MR) is 92.2 cm³/mol. The van der Waals surface area contributed by atoms with Gasteiger partial charge in [0.15, 0.2) is 0 Å². The minimum atomic E-state index is -1.06. The third-order valence-electron chi connectivity index (χ3n) is 4.04. The van der Waals surface area contributed by atoms with E-state index in [9.17, 15) is 9.59 Å². The Labute approximate surface area is 139 Å². The van der Waals surface area contributed by atoms with Gasteiger partial charge in [-0.15, -0.1) is 0 Å². The van der Waals surface area contributed by atoms with Gasteiger partial charge in [-0.2, -0.15) is 0 Å². The number of carboxylic acids is 1. The molecule has 0 saturated heterocycles. The van der Waals surface area contributed by atoms with Crippen molar-refractivity contribution in [2.45, 2.75) is 19.4 Å². The normalized spacial score (nSPS) is 12.2. The number of hydrogen-bond donors (Lipinski definition) is 2. The van der Waals surface area contributed by atoms with E-state index in [1.165, 1.54) is 0 Å². The fraction of sp³-hybridized carbons (Fsp3) is 0.158. The van der Waals surface area contributed by atoms with Crippen LogP contribution in [0.25, 0.3) is 10.9 Å². The van der Waals surface area contributed by atoms with Crippen LogP contribution in [-0.4, -0.2) is 27.6 Å². The second-order valence-corrected chi connectivity index (χ2v) is 5.86. The molecular formula is C19H18N2O3.